The van der Waals surface area contributed by atoms with Crippen LogP contribution in [0.5, 0.6) is 0 Å². The first-order valence-electron chi connectivity index (χ1n) is 10.0. The molecule has 0 aromatic carbocycles. The molecule has 3 unspecified atom stereocenters. The molecule has 26 heavy (non-hydrogen) atoms. The van der Waals surface area contributed by atoms with Crippen LogP contribution in [0.1, 0.15) is 68.6 Å². The Balaban J connectivity index is 1.49. The van der Waals surface area contributed by atoms with E-state index in [1.807, 2.05) is 0 Å². The van der Waals surface area contributed by atoms with E-state index in [1.165, 1.54) is 5.57 Å². The van der Waals surface area contributed by atoms with Crippen LogP contribution < -0.4 is 0 Å². The average molecular weight is 353 g/mol. The van der Waals surface area contributed by atoms with Gasteiger partial charge in [0.15, 0.2) is 5.78 Å². The van der Waals surface area contributed by atoms with Crippen LogP contribution in [0, 0.1) is 17.8 Å². The quantitative estimate of drug-likeness (QED) is 0.748. The van der Waals surface area contributed by atoms with Crippen molar-refractivity contribution in [2.24, 2.45) is 17.8 Å². The minimum absolute atomic E-state index is 0.0153. The van der Waals surface area contributed by atoms with Crippen LogP contribution in [0.2, 0.25) is 0 Å². The number of ether oxygens (including phenoxy) is 1. The van der Waals surface area contributed by atoms with Crippen molar-refractivity contribution in [1.82, 2.24) is 4.98 Å². The van der Waals surface area contributed by atoms with Gasteiger partial charge in [0.2, 0.25) is 0 Å². The molecule has 0 N–H and O–H groups in total. The summed E-state index contributed by atoms with van der Waals surface area (Å²) in [6, 6.07) is 3.52. The fourth-order valence-corrected chi connectivity index (χ4v) is 5.49. The zero-order chi connectivity index (χ0) is 18.1. The van der Waals surface area contributed by atoms with E-state index in [0.717, 1.165) is 50.5 Å². The van der Waals surface area contributed by atoms with Crippen LogP contribution in [0.25, 0.3) is 0 Å². The predicted molar refractivity (Wildman–Crippen MR) is 98.6 cm³/mol. The summed E-state index contributed by atoms with van der Waals surface area (Å²) in [4.78, 5) is 28.8. The normalized spacial score (nSPS) is 30.7. The smallest absolute Gasteiger partial charge is 0.339 e. The van der Waals surface area contributed by atoms with Gasteiger partial charge in [0, 0.05) is 18.8 Å². The van der Waals surface area contributed by atoms with Gasteiger partial charge in [-0.3, -0.25) is 9.78 Å². The van der Waals surface area contributed by atoms with Crippen LogP contribution in [0.3, 0.4) is 0 Å². The minimum atomic E-state index is -0.254. The highest BCUT2D eigenvalue weighted by molar-refractivity contribution is 5.97. The lowest BCUT2D eigenvalue weighted by Gasteiger charge is -2.41. The predicted octanol–water partition coefficient (Wildman–Crippen LogP) is 4.50. The number of pyridine rings is 1. The van der Waals surface area contributed by atoms with Crippen LogP contribution in [-0.2, 0) is 9.53 Å². The molecule has 0 radical (unpaired) electrons. The number of aromatic nitrogens is 1. The van der Waals surface area contributed by atoms with Crippen molar-refractivity contribution in [3.63, 3.8) is 0 Å². The van der Waals surface area contributed by atoms with Crippen molar-refractivity contribution in [3.05, 3.63) is 41.2 Å². The molecule has 3 aliphatic rings. The zero-order valence-corrected chi connectivity index (χ0v) is 15.4. The molecule has 1 aromatic rings. The summed E-state index contributed by atoms with van der Waals surface area (Å²) < 4.78 is 5.88. The monoisotopic (exact) mass is 353 g/mol. The molecule has 0 spiro atoms. The first-order chi connectivity index (χ1) is 12.7. The molecule has 3 aliphatic carbocycles. The molecule has 0 amide bonds. The number of allylic oxidation sites excluding steroid dienone is 2. The second kappa shape index (κ2) is 7.34. The summed E-state index contributed by atoms with van der Waals surface area (Å²) in [5.74, 6) is 1.69. The number of rotatable bonds is 4. The van der Waals surface area contributed by atoms with Crippen molar-refractivity contribution in [3.8, 4) is 0 Å². The fourth-order valence-electron chi connectivity index (χ4n) is 5.49. The van der Waals surface area contributed by atoms with E-state index < -0.39 is 0 Å². The van der Waals surface area contributed by atoms with E-state index in [9.17, 15) is 9.59 Å². The molecule has 4 heteroatoms. The van der Waals surface area contributed by atoms with Crippen molar-refractivity contribution in [2.75, 3.05) is 0 Å². The summed E-state index contributed by atoms with van der Waals surface area (Å²) in [7, 11) is 0. The maximum atomic E-state index is 12.4. The lowest BCUT2D eigenvalue weighted by molar-refractivity contribution is -0.116. The third-order valence-corrected chi connectivity index (χ3v) is 6.59. The summed E-state index contributed by atoms with van der Waals surface area (Å²) in [6.45, 7) is 2.15. The molecule has 4 atom stereocenters. The highest BCUT2D eigenvalue weighted by Crippen LogP contribution is 2.53. The highest BCUT2D eigenvalue weighted by Gasteiger charge is 2.47. The zero-order valence-electron chi connectivity index (χ0n) is 15.4. The Labute approximate surface area is 155 Å². The third kappa shape index (κ3) is 3.10. The van der Waals surface area contributed by atoms with E-state index in [1.54, 1.807) is 24.5 Å². The number of nitrogens with zero attached hydrogens (tertiary/aromatic N) is 1. The number of carbonyl (C=O) groups is 2. The molecular formula is C22H27NO3. The number of hydrogen-bond donors (Lipinski definition) is 0. The lowest BCUT2D eigenvalue weighted by Crippen LogP contribution is -2.36. The fraction of sp³-hybridized carbons (Fsp3) is 0.591. The highest BCUT2D eigenvalue weighted by atomic mass is 16.5. The lowest BCUT2D eigenvalue weighted by atomic mass is 9.64. The van der Waals surface area contributed by atoms with Gasteiger partial charge in [0.25, 0.3) is 0 Å². The first-order valence-corrected chi connectivity index (χ1v) is 10.0. The molecule has 138 valence electrons. The second-order valence-electron chi connectivity index (χ2n) is 7.95. The van der Waals surface area contributed by atoms with Gasteiger partial charge in [-0.2, -0.15) is 0 Å². The van der Waals surface area contributed by atoms with E-state index in [4.69, 9.17) is 4.74 Å². The number of ketones is 1. The second-order valence-corrected chi connectivity index (χ2v) is 7.95. The Bertz CT molecular complexity index is 724. The molecule has 2 saturated carbocycles. The molecule has 4 nitrogen and oxygen atoms in total. The van der Waals surface area contributed by atoms with E-state index in [0.29, 0.717) is 35.5 Å². The first kappa shape index (κ1) is 17.4. The SMILES string of the molecule is CCCC1=C2CCC3C(CC[C@@H]3OC(=O)c3cccnc3)C2CCC1=O. The Kier molecular flexibility index (Phi) is 4.92. The molecule has 0 aliphatic heterocycles. The topological polar surface area (TPSA) is 56.3 Å². The molecule has 1 aromatic heterocycles. The molecule has 4 rings (SSSR count). The number of carbonyl (C=O) groups excluding carboxylic acids is 2. The Morgan fingerprint density at radius 3 is 2.85 bits per heavy atom. The van der Waals surface area contributed by atoms with E-state index in [2.05, 4.69) is 11.9 Å². The van der Waals surface area contributed by atoms with Crippen LogP contribution in [0.15, 0.2) is 35.7 Å². The summed E-state index contributed by atoms with van der Waals surface area (Å²) in [6.07, 6.45) is 11.0. The number of esters is 1. The van der Waals surface area contributed by atoms with Crippen molar-refractivity contribution >= 4 is 11.8 Å². The van der Waals surface area contributed by atoms with Gasteiger partial charge >= 0.3 is 5.97 Å². The van der Waals surface area contributed by atoms with Gasteiger partial charge in [0.05, 0.1) is 5.56 Å². The van der Waals surface area contributed by atoms with Gasteiger partial charge in [-0.05, 0) is 74.0 Å². The average Bonchev–Trinajstić information content (AvgIpc) is 3.07. The molecule has 0 bridgehead atoms. The van der Waals surface area contributed by atoms with E-state index in [-0.39, 0.29) is 12.1 Å². The van der Waals surface area contributed by atoms with Crippen LogP contribution >= 0.6 is 0 Å². The van der Waals surface area contributed by atoms with Gasteiger partial charge in [0.1, 0.15) is 6.10 Å². The van der Waals surface area contributed by atoms with Gasteiger partial charge in [-0.15, -0.1) is 0 Å². The molecule has 1 heterocycles. The Morgan fingerprint density at radius 2 is 2.08 bits per heavy atom. The largest absolute Gasteiger partial charge is 0.458 e. The van der Waals surface area contributed by atoms with Crippen molar-refractivity contribution < 1.29 is 14.3 Å². The maximum absolute atomic E-state index is 12.4. The Hall–Kier alpha value is -1.97. The number of Topliss-reactive ketones (excluding diaryl/α,β-unsaturated/α-hetero) is 1. The maximum Gasteiger partial charge on any atom is 0.339 e. The van der Waals surface area contributed by atoms with Gasteiger partial charge < -0.3 is 4.74 Å². The van der Waals surface area contributed by atoms with Crippen molar-refractivity contribution in [1.29, 1.82) is 0 Å². The van der Waals surface area contributed by atoms with Gasteiger partial charge in [-0.1, -0.05) is 18.9 Å². The molecular weight excluding hydrogens is 326 g/mol. The summed E-state index contributed by atoms with van der Waals surface area (Å²) >= 11 is 0. The van der Waals surface area contributed by atoms with Crippen LogP contribution in [0.4, 0.5) is 0 Å². The standard InChI is InChI=1S/C22H27NO3/c1-2-4-18-16-6-7-19-17(15(16)8-10-20(18)24)9-11-21(19)26-22(25)14-5-3-12-23-13-14/h3,5,12-13,15,17,19,21H,2,4,6-11H2,1H3/t15?,17?,19?,21-/m0/s1. The van der Waals surface area contributed by atoms with Crippen molar-refractivity contribution in [2.45, 2.75) is 64.4 Å². The number of fused-ring (bicyclic) bond motifs is 3. The van der Waals surface area contributed by atoms with Gasteiger partial charge in [-0.25, -0.2) is 4.79 Å². The van der Waals surface area contributed by atoms with Crippen LogP contribution in [-0.4, -0.2) is 22.8 Å². The van der Waals surface area contributed by atoms with E-state index >= 15 is 0 Å². The minimum Gasteiger partial charge on any atom is -0.458 e. The third-order valence-electron chi connectivity index (χ3n) is 6.59. The Morgan fingerprint density at radius 1 is 1.19 bits per heavy atom. The summed E-state index contributed by atoms with van der Waals surface area (Å²) in [5, 5.41) is 0. The summed E-state index contributed by atoms with van der Waals surface area (Å²) in [5.41, 5.74) is 3.11. The molecule has 0 saturated heterocycles. The number of hydrogen-bond acceptors (Lipinski definition) is 4. The molecule has 2 fully saturated rings.